The summed E-state index contributed by atoms with van der Waals surface area (Å²) < 4.78 is 10.6. The van der Waals surface area contributed by atoms with Crippen molar-refractivity contribution in [3.05, 3.63) is 59.7 Å². The molecule has 2 aromatic carbocycles. The Kier molecular flexibility index (Phi) is 4.98. The molecule has 1 aliphatic rings. The van der Waals surface area contributed by atoms with Gasteiger partial charge in [-0.05, 0) is 31.0 Å². The fraction of sp³-hybridized carbons (Fsp3) is 0.333. The second-order valence-corrected chi connectivity index (χ2v) is 6.78. The van der Waals surface area contributed by atoms with E-state index in [-0.39, 0.29) is 17.2 Å². The number of amides is 1. The van der Waals surface area contributed by atoms with Gasteiger partial charge in [0.1, 0.15) is 11.5 Å². The van der Waals surface area contributed by atoms with E-state index in [1.165, 1.54) is 5.56 Å². The summed E-state index contributed by atoms with van der Waals surface area (Å²) in [6.45, 7) is 3.96. The van der Waals surface area contributed by atoms with E-state index in [0.717, 1.165) is 12.0 Å². The first-order valence-corrected chi connectivity index (χ1v) is 8.61. The highest BCUT2D eigenvalue weighted by atomic mass is 16.5. The molecule has 0 aromatic heterocycles. The van der Waals surface area contributed by atoms with Gasteiger partial charge in [-0.15, -0.1) is 0 Å². The fourth-order valence-corrected chi connectivity index (χ4v) is 3.26. The van der Waals surface area contributed by atoms with E-state index >= 15 is 0 Å². The molecule has 1 N–H and O–H groups in total. The topological polar surface area (TPSA) is 59.9 Å². The Morgan fingerprint density at radius 2 is 1.88 bits per heavy atom. The fourth-order valence-electron chi connectivity index (χ4n) is 3.26. The minimum atomic E-state index is -0.105. The summed E-state index contributed by atoms with van der Waals surface area (Å²) in [5.74, 6) is 1.25. The van der Waals surface area contributed by atoms with E-state index in [0.29, 0.717) is 17.2 Å². The molecule has 1 fully saturated rings. The molecule has 26 heavy (non-hydrogen) atoms. The van der Waals surface area contributed by atoms with E-state index < -0.39 is 0 Å². The number of hydrazone groups is 1. The first kappa shape index (κ1) is 18.0. The average Bonchev–Trinajstić information content (AvgIpc) is 3.39. The Labute approximate surface area is 154 Å². The number of ether oxygens (including phenoxy) is 2. The highest BCUT2D eigenvalue weighted by Crippen LogP contribution is 2.53. The van der Waals surface area contributed by atoms with Gasteiger partial charge in [0.05, 0.1) is 25.8 Å². The summed E-state index contributed by atoms with van der Waals surface area (Å²) in [4.78, 5) is 12.5. The first-order chi connectivity index (χ1) is 12.5. The van der Waals surface area contributed by atoms with Gasteiger partial charge in [-0.2, -0.15) is 5.10 Å². The van der Waals surface area contributed by atoms with Crippen molar-refractivity contribution in [1.29, 1.82) is 0 Å². The molecule has 1 aliphatic carbocycles. The van der Waals surface area contributed by atoms with Crippen molar-refractivity contribution in [1.82, 2.24) is 5.43 Å². The number of nitrogens with one attached hydrogen (secondary N) is 1. The molecule has 0 heterocycles. The number of rotatable bonds is 6. The van der Waals surface area contributed by atoms with Crippen LogP contribution in [0, 0.1) is 5.92 Å². The van der Waals surface area contributed by atoms with Gasteiger partial charge in [-0.1, -0.05) is 37.3 Å². The zero-order valence-electron chi connectivity index (χ0n) is 15.6. The molecule has 1 amide bonds. The van der Waals surface area contributed by atoms with Gasteiger partial charge >= 0.3 is 0 Å². The summed E-state index contributed by atoms with van der Waals surface area (Å²) in [5, 5.41) is 4.28. The summed E-state index contributed by atoms with van der Waals surface area (Å²) in [6, 6.07) is 15.6. The van der Waals surface area contributed by atoms with Gasteiger partial charge in [0.25, 0.3) is 0 Å². The van der Waals surface area contributed by atoms with E-state index in [4.69, 9.17) is 9.47 Å². The van der Waals surface area contributed by atoms with E-state index in [2.05, 4.69) is 29.6 Å². The number of carbonyl (C=O) groups is 1. The molecule has 2 aromatic rings. The van der Waals surface area contributed by atoms with Crippen molar-refractivity contribution in [3.8, 4) is 11.5 Å². The molecule has 0 bridgehead atoms. The quantitative estimate of drug-likeness (QED) is 0.639. The molecular weight excluding hydrogens is 328 g/mol. The number of hydrogen-bond acceptors (Lipinski definition) is 4. The molecule has 1 saturated carbocycles. The largest absolute Gasteiger partial charge is 0.497 e. The lowest BCUT2D eigenvalue weighted by Gasteiger charge is -2.12. The van der Waals surface area contributed by atoms with Crippen molar-refractivity contribution >= 4 is 11.6 Å². The SMILES string of the molecule is COc1ccc(C(C)=NNC(=O)[C@@H]2C[C@]2(C)c2ccccc2)c(OC)c1. The predicted octanol–water partition coefficient (Wildman–Crippen LogP) is 3.52. The molecule has 0 unspecified atom stereocenters. The number of carbonyl (C=O) groups excluding carboxylic acids is 1. The molecule has 5 heteroatoms. The van der Waals surface area contributed by atoms with Crippen LogP contribution < -0.4 is 14.9 Å². The number of nitrogens with zero attached hydrogens (tertiary/aromatic N) is 1. The second-order valence-electron chi connectivity index (χ2n) is 6.78. The van der Waals surface area contributed by atoms with Crippen LogP contribution in [0.5, 0.6) is 11.5 Å². The third kappa shape index (κ3) is 3.43. The van der Waals surface area contributed by atoms with Crippen LogP contribution >= 0.6 is 0 Å². The van der Waals surface area contributed by atoms with Crippen molar-refractivity contribution in [3.63, 3.8) is 0 Å². The minimum Gasteiger partial charge on any atom is -0.497 e. The Morgan fingerprint density at radius 3 is 2.54 bits per heavy atom. The Balaban J connectivity index is 1.70. The molecule has 2 atom stereocenters. The van der Waals surface area contributed by atoms with Crippen LogP contribution in [0.2, 0.25) is 0 Å². The lowest BCUT2D eigenvalue weighted by Crippen LogP contribution is -2.24. The lowest BCUT2D eigenvalue weighted by molar-refractivity contribution is -0.122. The van der Waals surface area contributed by atoms with Crippen LogP contribution in [-0.4, -0.2) is 25.8 Å². The molecule has 0 saturated heterocycles. The maximum atomic E-state index is 12.5. The molecule has 0 aliphatic heterocycles. The molecule has 0 spiro atoms. The van der Waals surface area contributed by atoms with Crippen LogP contribution in [0.4, 0.5) is 0 Å². The average molecular weight is 352 g/mol. The van der Waals surface area contributed by atoms with Crippen LogP contribution in [0.1, 0.15) is 31.4 Å². The predicted molar refractivity (Wildman–Crippen MR) is 102 cm³/mol. The van der Waals surface area contributed by atoms with Crippen LogP contribution in [-0.2, 0) is 10.2 Å². The zero-order valence-corrected chi connectivity index (χ0v) is 15.6. The summed E-state index contributed by atoms with van der Waals surface area (Å²) >= 11 is 0. The maximum Gasteiger partial charge on any atom is 0.244 e. The zero-order chi connectivity index (χ0) is 18.7. The van der Waals surface area contributed by atoms with Gasteiger partial charge in [-0.25, -0.2) is 5.43 Å². The molecule has 5 nitrogen and oxygen atoms in total. The highest BCUT2D eigenvalue weighted by Gasteiger charge is 2.55. The van der Waals surface area contributed by atoms with Gasteiger partial charge in [0.15, 0.2) is 0 Å². The third-order valence-electron chi connectivity index (χ3n) is 5.12. The monoisotopic (exact) mass is 352 g/mol. The van der Waals surface area contributed by atoms with Crippen molar-refractivity contribution < 1.29 is 14.3 Å². The van der Waals surface area contributed by atoms with Gasteiger partial charge < -0.3 is 9.47 Å². The summed E-state index contributed by atoms with van der Waals surface area (Å²) in [5.41, 5.74) is 5.29. The Bertz CT molecular complexity index is 832. The number of methoxy groups -OCH3 is 2. The van der Waals surface area contributed by atoms with Crippen LogP contribution in [0.25, 0.3) is 0 Å². The number of benzene rings is 2. The smallest absolute Gasteiger partial charge is 0.244 e. The van der Waals surface area contributed by atoms with Crippen molar-refractivity contribution in [2.45, 2.75) is 25.7 Å². The minimum absolute atomic E-state index is 0.0526. The van der Waals surface area contributed by atoms with Gasteiger partial charge in [0.2, 0.25) is 5.91 Å². The van der Waals surface area contributed by atoms with Crippen molar-refractivity contribution in [2.24, 2.45) is 11.0 Å². The van der Waals surface area contributed by atoms with Gasteiger partial charge in [0, 0.05) is 17.0 Å². The molecular formula is C21H24N2O3. The third-order valence-corrected chi connectivity index (χ3v) is 5.12. The maximum absolute atomic E-state index is 12.5. The number of hydrogen-bond donors (Lipinski definition) is 1. The van der Waals surface area contributed by atoms with Crippen molar-refractivity contribution in [2.75, 3.05) is 14.2 Å². The Hall–Kier alpha value is -2.82. The standard InChI is InChI=1S/C21H24N2O3/c1-14(17-11-10-16(25-3)12-19(17)26-4)22-23-20(24)18-13-21(18,2)15-8-6-5-7-9-15/h5-12,18H,13H2,1-4H3,(H,23,24)/t18-,21+/m0/s1. The van der Waals surface area contributed by atoms with Crippen LogP contribution in [0.3, 0.4) is 0 Å². The van der Waals surface area contributed by atoms with E-state index in [9.17, 15) is 4.79 Å². The van der Waals surface area contributed by atoms with E-state index in [1.807, 2.05) is 37.3 Å². The molecule has 136 valence electrons. The normalized spacial score (nSPS) is 21.8. The second kappa shape index (κ2) is 7.20. The van der Waals surface area contributed by atoms with Crippen LogP contribution in [0.15, 0.2) is 53.6 Å². The lowest BCUT2D eigenvalue weighted by atomic mass is 9.95. The molecule has 3 rings (SSSR count). The first-order valence-electron chi connectivity index (χ1n) is 8.61. The van der Waals surface area contributed by atoms with Gasteiger partial charge in [-0.3, -0.25) is 4.79 Å². The van der Waals surface area contributed by atoms with E-state index in [1.54, 1.807) is 20.3 Å². The summed E-state index contributed by atoms with van der Waals surface area (Å²) in [7, 11) is 3.20. The summed E-state index contributed by atoms with van der Waals surface area (Å²) in [6.07, 6.45) is 0.837. The Morgan fingerprint density at radius 1 is 1.15 bits per heavy atom. The molecule has 0 radical (unpaired) electrons. The highest BCUT2D eigenvalue weighted by molar-refractivity contribution is 6.02.